The topological polar surface area (TPSA) is 86.5 Å². The van der Waals surface area contributed by atoms with E-state index in [4.69, 9.17) is 4.74 Å². The fourth-order valence-electron chi connectivity index (χ4n) is 2.57. The van der Waals surface area contributed by atoms with Crippen LogP contribution in [0.15, 0.2) is 41.3 Å². The van der Waals surface area contributed by atoms with Crippen molar-refractivity contribution in [3.05, 3.63) is 63.2 Å². The van der Waals surface area contributed by atoms with E-state index in [0.717, 1.165) is 17.2 Å². The molecule has 0 radical (unpaired) electrons. The molecular weight excluding hydrogens is 411 g/mol. The molecule has 0 aromatic heterocycles. The first-order valence-corrected chi connectivity index (χ1v) is 9.77. The third-order valence-corrected chi connectivity index (χ3v) is 5.33. The number of carbonyl (C=O) groups excluding carboxylic acids is 1. The van der Waals surface area contributed by atoms with Crippen molar-refractivity contribution < 1.29 is 31.8 Å². The Balaban J connectivity index is 2.26. The number of nitrogens with zero attached hydrogens (tertiary/aromatic N) is 1. The third kappa shape index (κ3) is 5.63. The zero-order valence-electron chi connectivity index (χ0n) is 15.8. The molecular formula is C19H18F3NO5S. The molecule has 0 aliphatic rings. The van der Waals surface area contributed by atoms with Crippen molar-refractivity contribution in [2.24, 2.45) is 0 Å². The monoisotopic (exact) mass is 429 g/mol. The highest BCUT2D eigenvalue weighted by Crippen LogP contribution is 2.34. The highest BCUT2D eigenvalue weighted by molar-refractivity contribution is 7.85. The molecule has 0 saturated carbocycles. The van der Waals surface area contributed by atoms with Crippen LogP contribution in [0, 0.1) is 17.0 Å². The highest BCUT2D eigenvalue weighted by atomic mass is 32.2. The molecule has 0 amide bonds. The first kappa shape index (κ1) is 22.5. The fraction of sp³-hybridized carbons (Fsp3) is 0.316. The maximum atomic E-state index is 12.8. The number of hydrogen-bond donors (Lipinski definition) is 0. The summed E-state index contributed by atoms with van der Waals surface area (Å²) in [4.78, 5) is 21.8. The lowest BCUT2D eigenvalue weighted by molar-refractivity contribution is -0.388. The van der Waals surface area contributed by atoms with Crippen LogP contribution in [0.4, 0.5) is 18.9 Å². The number of halogens is 3. The maximum Gasteiger partial charge on any atom is 0.416 e. The minimum absolute atomic E-state index is 0.0416. The van der Waals surface area contributed by atoms with Crippen LogP contribution in [-0.2, 0) is 21.8 Å². The number of nitro groups is 1. The lowest BCUT2D eigenvalue weighted by atomic mass is 10.0. The summed E-state index contributed by atoms with van der Waals surface area (Å²) in [5.41, 5.74) is -0.634. The van der Waals surface area contributed by atoms with E-state index in [9.17, 15) is 32.3 Å². The predicted octanol–water partition coefficient (Wildman–Crippen LogP) is 4.76. The van der Waals surface area contributed by atoms with E-state index in [1.165, 1.54) is 0 Å². The summed E-state index contributed by atoms with van der Waals surface area (Å²) in [7, 11) is -2.26. The van der Waals surface area contributed by atoms with Gasteiger partial charge in [0.1, 0.15) is 16.4 Å². The zero-order chi connectivity index (χ0) is 21.9. The van der Waals surface area contributed by atoms with Crippen molar-refractivity contribution in [1.29, 1.82) is 0 Å². The van der Waals surface area contributed by atoms with Crippen molar-refractivity contribution in [3.63, 3.8) is 0 Å². The number of alkyl halides is 3. The predicted molar refractivity (Wildman–Crippen MR) is 100 cm³/mol. The van der Waals surface area contributed by atoms with E-state index in [1.54, 1.807) is 19.1 Å². The first-order chi connectivity index (χ1) is 13.4. The molecule has 0 saturated heterocycles. The van der Waals surface area contributed by atoms with E-state index >= 15 is 0 Å². The number of ether oxygens (including phenoxy) is 1. The van der Waals surface area contributed by atoms with E-state index < -0.39 is 49.8 Å². The van der Waals surface area contributed by atoms with Crippen LogP contribution >= 0.6 is 0 Å². The van der Waals surface area contributed by atoms with E-state index in [2.05, 4.69) is 0 Å². The zero-order valence-corrected chi connectivity index (χ0v) is 16.6. The number of hydrogen-bond acceptors (Lipinski definition) is 5. The largest absolute Gasteiger partial charge is 0.426 e. The Hall–Kier alpha value is -2.75. The van der Waals surface area contributed by atoms with Gasteiger partial charge in [-0.3, -0.25) is 19.1 Å². The van der Waals surface area contributed by atoms with Crippen LogP contribution < -0.4 is 4.74 Å². The second-order valence-electron chi connectivity index (χ2n) is 6.60. The van der Waals surface area contributed by atoms with Gasteiger partial charge in [0.05, 0.1) is 21.3 Å². The Morgan fingerprint density at radius 3 is 2.41 bits per heavy atom. The molecule has 2 aromatic carbocycles. The van der Waals surface area contributed by atoms with E-state index in [1.807, 2.05) is 19.9 Å². The number of esters is 1. The summed E-state index contributed by atoms with van der Waals surface area (Å²) in [5, 5.41) is 11.1. The van der Waals surface area contributed by atoms with Gasteiger partial charge in [-0.05, 0) is 42.2 Å². The van der Waals surface area contributed by atoms with Gasteiger partial charge in [0, 0.05) is 6.07 Å². The van der Waals surface area contributed by atoms with Gasteiger partial charge < -0.3 is 4.74 Å². The molecule has 6 nitrogen and oxygen atoms in total. The summed E-state index contributed by atoms with van der Waals surface area (Å²) < 4.78 is 56.1. The Labute approximate surface area is 167 Å². The van der Waals surface area contributed by atoms with Crippen LogP contribution in [0.1, 0.15) is 36.5 Å². The second kappa shape index (κ2) is 8.73. The standard InChI is InChI=1S/C19H18F3NO5S/c1-11(2)14-6-4-12(3)8-16(14)28-18(24)10-29(27)17-7-5-13(19(20,21)22)9-15(17)23(25)26/h4-9,11H,10H2,1-3H3/t29-/m1/s1. The molecule has 0 N–H and O–H groups in total. The van der Waals surface area contributed by atoms with Crippen molar-refractivity contribution in [3.8, 4) is 5.75 Å². The van der Waals surface area contributed by atoms with Gasteiger partial charge in [-0.15, -0.1) is 0 Å². The van der Waals surface area contributed by atoms with Crippen LogP contribution in [0.5, 0.6) is 5.75 Å². The third-order valence-electron chi connectivity index (χ3n) is 3.99. The average Bonchev–Trinajstić information content (AvgIpc) is 2.59. The molecule has 2 rings (SSSR count). The van der Waals surface area contributed by atoms with Crippen LogP contribution in [0.3, 0.4) is 0 Å². The lowest BCUT2D eigenvalue weighted by Gasteiger charge is -2.13. The molecule has 2 aromatic rings. The molecule has 0 unspecified atom stereocenters. The summed E-state index contributed by atoms with van der Waals surface area (Å²) >= 11 is 0. The Bertz CT molecular complexity index is 973. The Morgan fingerprint density at radius 2 is 1.86 bits per heavy atom. The fourth-order valence-corrected chi connectivity index (χ4v) is 3.59. The normalized spacial score (nSPS) is 12.7. The maximum absolute atomic E-state index is 12.8. The molecule has 0 spiro atoms. The van der Waals surface area contributed by atoms with Crippen LogP contribution in [0.2, 0.25) is 0 Å². The summed E-state index contributed by atoms with van der Waals surface area (Å²) in [6.07, 6.45) is -4.79. The number of benzene rings is 2. The molecule has 0 heterocycles. The molecule has 156 valence electrons. The number of rotatable bonds is 6. The first-order valence-electron chi connectivity index (χ1n) is 8.45. The quantitative estimate of drug-likeness (QED) is 0.286. The van der Waals surface area contributed by atoms with Crippen molar-refractivity contribution in [2.45, 2.75) is 37.8 Å². The van der Waals surface area contributed by atoms with Gasteiger partial charge in [0.15, 0.2) is 0 Å². The summed E-state index contributed by atoms with van der Waals surface area (Å²) in [5.74, 6) is -1.33. The minimum atomic E-state index is -4.79. The molecule has 10 heteroatoms. The molecule has 0 aliphatic carbocycles. The Kier molecular flexibility index (Phi) is 6.78. The minimum Gasteiger partial charge on any atom is -0.426 e. The van der Waals surface area contributed by atoms with Gasteiger partial charge in [0.2, 0.25) is 0 Å². The van der Waals surface area contributed by atoms with Gasteiger partial charge in [-0.1, -0.05) is 26.0 Å². The van der Waals surface area contributed by atoms with Crippen molar-refractivity contribution in [2.75, 3.05) is 5.75 Å². The summed E-state index contributed by atoms with van der Waals surface area (Å²) in [6, 6.07) is 6.91. The van der Waals surface area contributed by atoms with E-state index in [0.29, 0.717) is 12.1 Å². The SMILES string of the molecule is Cc1ccc(C(C)C)c(OC(=O)C[S@@](=O)c2ccc(C(F)(F)F)cc2[N+](=O)[O-])c1. The second-order valence-corrected chi connectivity index (χ2v) is 8.02. The van der Waals surface area contributed by atoms with Gasteiger partial charge in [0.25, 0.3) is 5.69 Å². The smallest absolute Gasteiger partial charge is 0.416 e. The van der Waals surface area contributed by atoms with Gasteiger partial charge in [-0.2, -0.15) is 13.2 Å². The number of nitro benzene ring substituents is 1. The molecule has 29 heavy (non-hydrogen) atoms. The van der Waals surface area contributed by atoms with Crippen molar-refractivity contribution in [1.82, 2.24) is 0 Å². The molecule has 0 bridgehead atoms. The van der Waals surface area contributed by atoms with Crippen LogP contribution in [-0.4, -0.2) is 20.9 Å². The van der Waals surface area contributed by atoms with Crippen LogP contribution in [0.25, 0.3) is 0 Å². The lowest BCUT2D eigenvalue weighted by Crippen LogP contribution is -2.19. The number of aryl methyl sites for hydroxylation is 1. The van der Waals surface area contributed by atoms with E-state index in [-0.39, 0.29) is 11.7 Å². The van der Waals surface area contributed by atoms with Gasteiger partial charge >= 0.3 is 12.1 Å². The molecule has 0 fully saturated rings. The molecule has 1 atom stereocenters. The average molecular weight is 429 g/mol. The van der Waals surface area contributed by atoms with Gasteiger partial charge in [-0.25, -0.2) is 0 Å². The molecule has 0 aliphatic heterocycles. The number of carbonyl (C=O) groups is 1. The summed E-state index contributed by atoms with van der Waals surface area (Å²) in [6.45, 7) is 5.59. The highest BCUT2D eigenvalue weighted by Gasteiger charge is 2.34. The Morgan fingerprint density at radius 1 is 1.21 bits per heavy atom. The van der Waals surface area contributed by atoms with Crippen molar-refractivity contribution >= 4 is 22.5 Å².